The Labute approximate surface area is 225 Å². The van der Waals surface area contributed by atoms with Crippen LogP contribution in [0.1, 0.15) is 35.1 Å². The number of halogens is 2. The van der Waals surface area contributed by atoms with Crippen LogP contribution in [0.25, 0.3) is 0 Å². The van der Waals surface area contributed by atoms with Gasteiger partial charge in [-0.25, -0.2) is 0 Å². The molecule has 1 heterocycles. The zero-order valence-corrected chi connectivity index (χ0v) is 22.3. The highest BCUT2D eigenvalue weighted by atomic mass is 127. The number of benzene rings is 3. The Morgan fingerprint density at radius 3 is 2.46 bits per heavy atom. The number of aryl methyl sites for hydroxylation is 1. The van der Waals surface area contributed by atoms with E-state index in [1.54, 1.807) is 12.1 Å². The predicted molar refractivity (Wildman–Crippen MR) is 147 cm³/mol. The molecule has 0 saturated heterocycles. The lowest BCUT2D eigenvalue weighted by Crippen LogP contribution is -2.31. The van der Waals surface area contributed by atoms with E-state index < -0.39 is 4.92 Å². The van der Waals surface area contributed by atoms with E-state index in [1.165, 1.54) is 35.5 Å². The number of alkyl halides is 1. The normalized spacial score (nSPS) is 24.8. The summed E-state index contributed by atoms with van der Waals surface area (Å²) < 4.78 is 1.13. The van der Waals surface area contributed by atoms with Crippen LogP contribution in [0.2, 0.25) is 0 Å². The largest absolute Gasteiger partial charge is 0.377 e. The molecule has 0 amide bonds. The smallest absolute Gasteiger partial charge is 0.282 e. The summed E-state index contributed by atoms with van der Waals surface area (Å²) in [6, 6.07) is 17.7. The molecular weight excluding hydrogens is 601 g/mol. The van der Waals surface area contributed by atoms with Gasteiger partial charge in [-0.3, -0.25) is 20.2 Å². The van der Waals surface area contributed by atoms with Crippen LogP contribution in [0.5, 0.6) is 0 Å². The molecule has 5 atom stereocenters. The van der Waals surface area contributed by atoms with Crippen LogP contribution in [-0.2, 0) is 0 Å². The van der Waals surface area contributed by atoms with Crippen molar-refractivity contribution in [3.8, 4) is 0 Å². The SMILES string of the molecule is Cc1cc(I)cc2c1N[C@@H](c1ccc([N+](=O)[O-])cc1)[C@H]1C[C@@H](Sc3ccccc3[N+](=O)[O-])[C@@H](Cl)[C@H]21. The fourth-order valence-electron chi connectivity index (χ4n) is 5.37. The molecule has 1 N–H and O–H groups in total. The summed E-state index contributed by atoms with van der Waals surface area (Å²) in [7, 11) is 0. The maximum Gasteiger partial charge on any atom is 0.282 e. The molecule has 0 unspecified atom stereocenters. The highest BCUT2D eigenvalue weighted by molar-refractivity contribution is 14.1. The lowest BCUT2D eigenvalue weighted by molar-refractivity contribution is -0.387. The van der Waals surface area contributed by atoms with Gasteiger partial charge in [0, 0.05) is 38.6 Å². The number of fused-ring (bicyclic) bond motifs is 3. The number of nitrogens with one attached hydrogen (secondary N) is 1. The average molecular weight is 622 g/mol. The third-order valence-corrected chi connectivity index (χ3v) is 9.62. The van der Waals surface area contributed by atoms with E-state index in [9.17, 15) is 20.2 Å². The van der Waals surface area contributed by atoms with Crippen molar-refractivity contribution in [2.75, 3.05) is 5.32 Å². The summed E-state index contributed by atoms with van der Waals surface area (Å²) in [6.07, 6.45) is 0.758. The lowest BCUT2D eigenvalue weighted by atomic mass is 9.76. The molecule has 0 radical (unpaired) electrons. The van der Waals surface area contributed by atoms with E-state index in [0.29, 0.717) is 4.90 Å². The number of thioether (sulfide) groups is 1. The van der Waals surface area contributed by atoms with E-state index in [1.807, 2.05) is 18.2 Å². The van der Waals surface area contributed by atoms with Crippen molar-refractivity contribution in [2.24, 2.45) is 5.92 Å². The van der Waals surface area contributed by atoms with Gasteiger partial charge in [0.15, 0.2) is 0 Å². The summed E-state index contributed by atoms with van der Waals surface area (Å²) >= 11 is 11.0. The number of non-ortho nitro benzene ring substituents is 1. The third-order valence-electron chi connectivity index (χ3n) is 6.89. The standard InChI is InChI=1S/C25H21ClIN3O4S/c1-13-10-15(27)11-17-22-18(25(28-24(13)17)14-6-8-16(9-7-14)29(31)32)12-21(23(22)26)35-20-5-3-2-4-19(20)30(33)34/h2-11,18,21-23,25,28H,12H2,1H3/t18-,21+,22+,23+,25-/m0/s1. The van der Waals surface area contributed by atoms with Gasteiger partial charge in [-0.15, -0.1) is 23.4 Å². The minimum atomic E-state index is -0.397. The number of hydrogen-bond donors (Lipinski definition) is 1. The van der Waals surface area contributed by atoms with Gasteiger partial charge in [-0.1, -0.05) is 24.3 Å². The first-order valence-electron chi connectivity index (χ1n) is 11.1. The van der Waals surface area contributed by atoms with Crippen molar-refractivity contribution in [1.29, 1.82) is 0 Å². The number of nitrogens with zero attached hydrogens (tertiary/aromatic N) is 2. The average Bonchev–Trinajstić information content (AvgIpc) is 3.15. The molecule has 1 aliphatic carbocycles. The second kappa shape index (κ2) is 9.59. The number of anilines is 1. The summed E-state index contributed by atoms with van der Waals surface area (Å²) in [5, 5.41) is 26.2. The summed E-state index contributed by atoms with van der Waals surface area (Å²) in [6.45, 7) is 2.07. The van der Waals surface area contributed by atoms with Crippen molar-refractivity contribution in [1.82, 2.24) is 0 Å². The van der Waals surface area contributed by atoms with Crippen molar-refractivity contribution in [3.05, 3.63) is 101 Å². The number of rotatable bonds is 5. The molecule has 7 nitrogen and oxygen atoms in total. The summed E-state index contributed by atoms with van der Waals surface area (Å²) in [5.41, 5.74) is 4.45. The molecule has 1 aliphatic heterocycles. The Bertz CT molecular complexity index is 1320. The quantitative estimate of drug-likeness (QED) is 0.138. The summed E-state index contributed by atoms with van der Waals surface area (Å²) in [5.74, 6) is 0.172. The van der Waals surface area contributed by atoms with Crippen LogP contribution >= 0.6 is 46.0 Å². The van der Waals surface area contributed by atoms with E-state index in [2.05, 4.69) is 47.0 Å². The first-order valence-corrected chi connectivity index (χ1v) is 13.5. The van der Waals surface area contributed by atoms with E-state index in [4.69, 9.17) is 11.6 Å². The highest BCUT2D eigenvalue weighted by Gasteiger charge is 2.50. The van der Waals surface area contributed by atoms with Gasteiger partial charge in [-0.2, -0.15) is 0 Å². The van der Waals surface area contributed by atoms with Crippen LogP contribution in [0.15, 0.2) is 65.6 Å². The van der Waals surface area contributed by atoms with Gasteiger partial charge in [-0.05, 0) is 76.7 Å². The topological polar surface area (TPSA) is 98.3 Å². The van der Waals surface area contributed by atoms with Gasteiger partial charge in [0.05, 0.1) is 26.2 Å². The van der Waals surface area contributed by atoms with Crippen molar-refractivity contribution >= 4 is 63.0 Å². The van der Waals surface area contributed by atoms with Crippen molar-refractivity contribution < 1.29 is 9.85 Å². The van der Waals surface area contributed by atoms with Gasteiger partial charge in [0.2, 0.25) is 0 Å². The first kappa shape index (κ1) is 24.3. The zero-order chi connectivity index (χ0) is 24.9. The van der Waals surface area contributed by atoms with Gasteiger partial charge in [0.25, 0.3) is 11.4 Å². The van der Waals surface area contributed by atoms with Crippen LogP contribution in [0, 0.1) is 36.6 Å². The lowest BCUT2D eigenvalue weighted by Gasteiger charge is -2.39. The Hall–Kier alpha value is -2.37. The second-order valence-electron chi connectivity index (χ2n) is 8.91. The Morgan fingerprint density at radius 2 is 1.77 bits per heavy atom. The molecule has 3 aromatic rings. The predicted octanol–water partition coefficient (Wildman–Crippen LogP) is 7.45. The van der Waals surface area contributed by atoms with Crippen LogP contribution in [-0.4, -0.2) is 20.5 Å². The fraction of sp³-hybridized carbons (Fsp3) is 0.280. The van der Waals surface area contributed by atoms with Crippen LogP contribution in [0.3, 0.4) is 0 Å². The second-order valence-corrected chi connectivity index (χ2v) is 11.9. The number of para-hydroxylation sites is 1. The summed E-state index contributed by atoms with van der Waals surface area (Å²) in [4.78, 5) is 22.6. The van der Waals surface area contributed by atoms with E-state index in [-0.39, 0.29) is 44.8 Å². The molecule has 2 aliphatic rings. The van der Waals surface area contributed by atoms with Gasteiger partial charge < -0.3 is 5.32 Å². The van der Waals surface area contributed by atoms with Gasteiger partial charge in [0.1, 0.15) is 0 Å². The number of nitro groups is 2. The molecule has 1 fully saturated rings. The van der Waals surface area contributed by atoms with Crippen molar-refractivity contribution in [2.45, 2.75) is 40.8 Å². The van der Waals surface area contributed by atoms with E-state index in [0.717, 1.165) is 26.8 Å². The molecule has 0 aromatic heterocycles. The highest BCUT2D eigenvalue weighted by Crippen LogP contribution is 2.58. The Kier molecular flexibility index (Phi) is 6.67. The van der Waals surface area contributed by atoms with E-state index >= 15 is 0 Å². The molecule has 5 rings (SSSR count). The number of hydrogen-bond acceptors (Lipinski definition) is 6. The third kappa shape index (κ3) is 4.49. The number of nitro benzene ring substituents is 2. The molecular formula is C25H21ClIN3O4S. The molecule has 180 valence electrons. The molecule has 0 spiro atoms. The van der Waals surface area contributed by atoms with Crippen LogP contribution < -0.4 is 5.32 Å². The van der Waals surface area contributed by atoms with Gasteiger partial charge >= 0.3 is 0 Å². The minimum absolute atomic E-state index is 0.0285. The molecule has 0 bridgehead atoms. The fourth-order valence-corrected chi connectivity index (χ4v) is 8.11. The minimum Gasteiger partial charge on any atom is -0.377 e. The maximum absolute atomic E-state index is 11.6. The molecule has 1 saturated carbocycles. The molecule has 3 aromatic carbocycles. The monoisotopic (exact) mass is 621 g/mol. The first-order chi connectivity index (χ1) is 16.7. The maximum atomic E-state index is 11.6. The molecule has 35 heavy (non-hydrogen) atoms. The van der Waals surface area contributed by atoms with Crippen LogP contribution in [0.4, 0.5) is 17.1 Å². The Morgan fingerprint density at radius 1 is 1.06 bits per heavy atom. The Balaban J connectivity index is 1.55. The van der Waals surface area contributed by atoms with Crippen molar-refractivity contribution in [3.63, 3.8) is 0 Å². The molecule has 10 heteroatoms. The zero-order valence-electron chi connectivity index (χ0n) is 18.6.